The second-order valence-electron chi connectivity index (χ2n) is 3.71. The van der Waals surface area contributed by atoms with Crippen molar-refractivity contribution in [1.29, 1.82) is 0 Å². The first-order chi connectivity index (χ1) is 6.15. The summed E-state index contributed by atoms with van der Waals surface area (Å²) in [7, 11) is 1.85. The first-order valence-electron chi connectivity index (χ1n) is 4.83. The molecule has 1 unspecified atom stereocenters. The Morgan fingerprint density at radius 1 is 1.54 bits per heavy atom. The molecule has 0 aromatic carbocycles. The van der Waals surface area contributed by atoms with Gasteiger partial charge in [-0.25, -0.2) is 0 Å². The number of carbonyl (C=O) groups is 1. The van der Waals surface area contributed by atoms with Crippen LogP contribution >= 0.6 is 0 Å². The Kier molecular flexibility index (Phi) is 3.69. The molecule has 0 aromatic heterocycles. The maximum atomic E-state index is 11.4. The Bertz CT molecular complexity index is 184. The van der Waals surface area contributed by atoms with Crippen LogP contribution in [0, 0.1) is 0 Å². The summed E-state index contributed by atoms with van der Waals surface area (Å²) in [6, 6.07) is 0.433. The van der Waals surface area contributed by atoms with Crippen molar-refractivity contribution < 1.29 is 4.79 Å². The molecule has 0 spiro atoms. The molecule has 1 aliphatic rings. The molecule has 1 saturated heterocycles. The summed E-state index contributed by atoms with van der Waals surface area (Å²) in [4.78, 5) is 15.4. The third kappa shape index (κ3) is 2.67. The normalized spacial score (nSPS) is 22.1. The summed E-state index contributed by atoms with van der Waals surface area (Å²) in [6.45, 7) is 5.20. The van der Waals surface area contributed by atoms with Gasteiger partial charge in [0.2, 0.25) is 5.91 Å². The summed E-state index contributed by atoms with van der Waals surface area (Å²) in [5.41, 5.74) is 5.48. The van der Waals surface area contributed by atoms with Crippen molar-refractivity contribution in [3.63, 3.8) is 0 Å². The summed E-state index contributed by atoms with van der Waals surface area (Å²) in [5, 5.41) is 0. The van der Waals surface area contributed by atoms with E-state index < -0.39 is 0 Å². The third-order valence-corrected chi connectivity index (χ3v) is 2.69. The minimum Gasteiger partial charge on any atom is -0.343 e. The van der Waals surface area contributed by atoms with Gasteiger partial charge in [-0.15, -0.1) is 0 Å². The molecule has 0 aliphatic carbocycles. The van der Waals surface area contributed by atoms with Crippen LogP contribution in [-0.4, -0.2) is 55.0 Å². The van der Waals surface area contributed by atoms with Crippen molar-refractivity contribution in [2.75, 3.05) is 33.2 Å². The van der Waals surface area contributed by atoms with Gasteiger partial charge in [0, 0.05) is 26.2 Å². The molecule has 0 aromatic rings. The average molecular weight is 185 g/mol. The zero-order chi connectivity index (χ0) is 9.84. The van der Waals surface area contributed by atoms with Gasteiger partial charge in [0.1, 0.15) is 0 Å². The predicted octanol–water partition coefficient (Wildman–Crippen LogP) is -0.502. The molecule has 76 valence electrons. The maximum Gasteiger partial charge on any atom is 0.236 e. The second kappa shape index (κ2) is 4.58. The van der Waals surface area contributed by atoms with Crippen LogP contribution < -0.4 is 5.73 Å². The Labute approximate surface area is 79.7 Å². The lowest BCUT2D eigenvalue weighted by molar-refractivity contribution is -0.135. The Hall–Kier alpha value is -0.610. The maximum absolute atomic E-state index is 11.4. The van der Waals surface area contributed by atoms with Crippen molar-refractivity contribution in [3.8, 4) is 0 Å². The minimum absolute atomic E-state index is 0.218. The number of hydrogen-bond donors (Lipinski definition) is 1. The van der Waals surface area contributed by atoms with Gasteiger partial charge in [-0.2, -0.15) is 0 Å². The number of likely N-dealkylation sites (N-methyl/N-ethyl adjacent to an activating group) is 1. The third-order valence-electron chi connectivity index (χ3n) is 2.69. The van der Waals surface area contributed by atoms with Crippen LogP contribution in [0.5, 0.6) is 0 Å². The zero-order valence-electron chi connectivity index (χ0n) is 8.49. The smallest absolute Gasteiger partial charge is 0.236 e. The zero-order valence-corrected chi connectivity index (χ0v) is 8.49. The highest BCUT2D eigenvalue weighted by Crippen LogP contribution is 2.07. The molecule has 13 heavy (non-hydrogen) atoms. The van der Waals surface area contributed by atoms with Gasteiger partial charge in [-0.05, 0) is 19.9 Å². The first-order valence-corrected chi connectivity index (χ1v) is 4.83. The van der Waals surface area contributed by atoms with Gasteiger partial charge in [-0.1, -0.05) is 0 Å². The molecular weight excluding hydrogens is 166 g/mol. The second-order valence-corrected chi connectivity index (χ2v) is 3.71. The predicted molar refractivity (Wildman–Crippen MR) is 52.3 cm³/mol. The van der Waals surface area contributed by atoms with Gasteiger partial charge >= 0.3 is 0 Å². The number of piperazine rings is 1. The molecular formula is C9H19N3O. The average Bonchev–Trinajstić information content (AvgIpc) is 2.10. The van der Waals surface area contributed by atoms with Gasteiger partial charge in [0.15, 0.2) is 0 Å². The monoisotopic (exact) mass is 185 g/mol. The van der Waals surface area contributed by atoms with Crippen molar-refractivity contribution >= 4 is 5.91 Å². The highest BCUT2D eigenvalue weighted by atomic mass is 16.2. The number of amides is 1. The Morgan fingerprint density at radius 3 is 2.77 bits per heavy atom. The van der Waals surface area contributed by atoms with E-state index in [-0.39, 0.29) is 5.91 Å². The summed E-state index contributed by atoms with van der Waals surface area (Å²) >= 11 is 0. The molecule has 1 atom stereocenters. The van der Waals surface area contributed by atoms with E-state index in [0.29, 0.717) is 19.1 Å². The number of rotatable bonds is 3. The van der Waals surface area contributed by atoms with Crippen molar-refractivity contribution in [2.45, 2.75) is 19.4 Å². The molecule has 0 saturated carbocycles. The molecule has 0 bridgehead atoms. The highest BCUT2D eigenvalue weighted by molar-refractivity contribution is 5.78. The van der Waals surface area contributed by atoms with E-state index in [1.165, 1.54) is 0 Å². The minimum atomic E-state index is 0.218. The number of nitrogens with two attached hydrogens (primary N) is 1. The molecule has 1 aliphatic heterocycles. The van der Waals surface area contributed by atoms with Gasteiger partial charge in [0.05, 0.1) is 6.54 Å². The molecule has 1 rings (SSSR count). The van der Waals surface area contributed by atoms with E-state index in [9.17, 15) is 4.79 Å². The van der Waals surface area contributed by atoms with E-state index in [2.05, 4.69) is 11.8 Å². The fourth-order valence-corrected chi connectivity index (χ4v) is 1.58. The number of hydrogen-bond acceptors (Lipinski definition) is 3. The highest BCUT2D eigenvalue weighted by Gasteiger charge is 2.23. The van der Waals surface area contributed by atoms with E-state index in [1.807, 2.05) is 7.05 Å². The molecule has 1 heterocycles. The van der Waals surface area contributed by atoms with Crippen LogP contribution in [0.3, 0.4) is 0 Å². The number of nitrogens with zero attached hydrogens (tertiary/aromatic N) is 2. The van der Waals surface area contributed by atoms with Crippen molar-refractivity contribution in [3.05, 3.63) is 0 Å². The van der Waals surface area contributed by atoms with E-state index in [4.69, 9.17) is 5.73 Å². The van der Waals surface area contributed by atoms with E-state index >= 15 is 0 Å². The van der Waals surface area contributed by atoms with Crippen molar-refractivity contribution in [1.82, 2.24) is 9.80 Å². The standard InChI is InChI=1S/C9H19N3O/c1-8(3-4-10)12-6-5-11(2)9(13)7-12/h8H,3-7,10H2,1-2H3. The van der Waals surface area contributed by atoms with E-state index in [0.717, 1.165) is 19.5 Å². The topological polar surface area (TPSA) is 49.6 Å². The first kappa shape index (κ1) is 10.5. The van der Waals surface area contributed by atoms with Crippen LogP contribution in [0.4, 0.5) is 0 Å². The fraction of sp³-hybridized carbons (Fsp3) is 0.889. The van der Waals surface area contributed by atoms with Crippen LogP contribution in [0.25, 0.3) is 0 Å². The molecule has 1 amide bonds. The van der Waals surface area contributed by atoms with Crippen LogP contribution in [0.2, 0.25) is 0 Å². The Morgan fingerprint density at radius 2 is 2.23 bits per heavy atom. The fourth-order valence-electron chi connectivity index (χ4n) is 1.58. The molecule has 4 heteroatoms. The lowest BCUT2D eigenvalue weighted by Crippen LogP contribution is -2.51. The lowest BCUT2D eigenvalue weighted by atomic mass is 10.2. The molecule has 2 N–H and O–H groups in total. The molecule has 0 radical (unpaired) electrons. The molecule has 1 fully saturated rings. The lowest BCUT2D eigenvalue weighted by Gasteiger charge is -2.35. The summed E-state index contributed by atoms with van der Waals surface area (Å²) in [5.74, 6) is 0.218. The van der Waals surface area contributed by atoms with E-state index in [1.54, 1.807) is 4.90 Å². The Balaban J connectivity index is 2.40. The SMILES string of the molecule is CC(CCN)N1CCN(C)C(=O)C1. The van der Waals surface area contributed by atoms with Crippen LogP contribution in [0.15, 0.2) is 0 Å². The molecule has 4 nitrogen and oxygen atoms in total. The summed E-state index contributed by atoms with van der Waals surface area (Å²) < 4.78 is 0. The quantitative estimate of drug-likeness (QED) is 0.645. The number of carbonyl (C=O) groups excluding carboxylic acids is 1. The van der Waals surface area contributed by atoms with Crippen molar-refractivity contribution in [2.24, 2.45) is 5.73 Å². The van der Waals surface area contributed by atoms with Gasteiger partial charge in [0.25, 0.3) is 0 Å². The summed E-state index contributed by atoms with van der Waals surface area (Å²) in [6.07, 6.45) is 0.969. The van der Waals surface area contributed by atoms with Gasteiger partial charge < -0.3 is 10.6 Å². The van der Waals surface area contributed by atoms with Gasteiger partial charge in [-0.3, -0.25) is 9.69 Å². The largest absolute Gasteiger partial charge is 0.343 e. The van der Waals surface area contributed by atoms with Crippen LogP contribution in [0.1, 0.15) is 13.3 Å². The van der Waals surface area contributed by atoms with Crippen LogP contribution in [-0.2, 0) is 4.79 Å².